The molecule has 3 atom stereocenters. The van der Waals surface area contributed by atoms with Crippen molar-refractivity contribution in [3.63, 3.8) is 0 Å². The van der Waals surface area contributed by atoms with Crippen molar-refractivity contribution in [3.8, 4) is 0 Å². The summed E-state index contributed by atoms with van der Waals surface area (Å²) in [6, 6.07) is 0.687. The molecule has 0 aromatic carbocycles. The highest BCUT2D eigenvalue weighted by molar-refractivity contribution is 5.10. The third-order valence-electron chi connectivity index (χ3n) is 5.23. The fourth-order valence-electron chi connectivity index (χ4n) is 3.76. The predicted molar refractivity (Wildman–Crippen MR) is 73.7 cm³/mol. The number of imidazole rings is 1. The summed E-state index contributed by atoms with van der Waals surface area (Å²) in [4.78, 5) is 4.44. The molecule has 1 aromatic rings. The summed E-state index contributed by atoms with van der Waals surface area (Å²) in [5, 5.41) is 3.45. The second kappa shape index (κ2) is 5.04. The minimum absolute atomic E-state index is 0.687. The van der Waals surface area contributed by atoms with Gasteiger partial charge in [-0.25, -0.2) is 4.98 Å². The number of rotatable bonds is 2. The van der Waals surface area contributed by atoms with E-state index in [1.807, 2.05) is 0 Å². The molecular formula is C15H25N3. The molecule has 1 aromatic heterocycles. The van der Waals surface area contributed by atoms with Crippen molar-refractivity contribution >= 4 is 0 Å². The zero-order valence-corrected chi connectivity index (χ0v) is 11.6. The van der Waals surface area contributed by atoms with Crippen LogP contribution in [0.4, 0.5) is 0 Å². The summed E-state index contributed by atoms with van der Waals surface area (Å²) < 4.78 is 2.50. The Morgan fingerprint density at radius 2 is 1.94 bits per heavy atom. The van der Waals surface area contributed by atoms with Gasteiger partial charge in [0.15, 0.2) is 0 Å². The van der Waals surface area contributed by atoms with Crippen LogP contribution in [0.2, 0.25) is 0 Å². The maximum absolute atomic E-state index is 4.44. The zero-order valence-electron chi connectivity index (χ0n) is 11.6. The Labute approximate surface area is 110 Å². The molecule has 0 bridgehead atoms. The van der Waals surface area contributed by atoms with Crippen LogP contribution in [0.1, 0.15) is 57.2 Å². The molecule has 1 saturated heterocycles. The van der Waals surface area contributed by atoms with Crippen LogP contribution in [0.25, 0.3) is 0 Å². The summed E-state index contributed by atoms with van der Waals surface area (Å²) >= 11 is 0. The molecule has 1 aliphatic heterocycles. The molecule has 3 rings (SSSR count). The van der Waals surface area contributed by atoms with Gasteiger partial charge in [0.05, 0.1) is 6.33 Å². The first-order valence-electron chi connectivity index (χ1n) is 7.50. The molecule has 0 radical (unpaired) electrons. The van der Waals surface area contributed by atoms with Crippen LogP contribution in [-0.2, 0) is 0 Å². The predicted octanol–water partition coefficient (Wildman–Crippen LogP) is 2.96. The minimum Gasteiger partial charge on any atom is -0.331 e. The molecule has 100 valence electrons. The van der Waals surface area contributed by atoms with Gasteiger partial charge in [0.1, 0.15) is 0 Å². The monoisotopic (exact) mass is 247 g/mol. The van der Waals surface area contributed by atoms with E-state index in [1.54, 1.807) is 0 Å². The van der Waals surface area contributed by atoms with Crippen molar-refractivity contribution < 1.29 is 0 Å². The SMILES string of the molecule is CC1CCC(n2cncc2C2CCNCC2)C1C. The quantitative estimate of drug-likeness (QED) is 0.870. The summed E-state index contributed by atoms with van der Waals surface area (Å²) in [6.45, 7) is 7.12. The molecule has 2 heterocycles. The number of hydrogen-bond acceptors (Lipinski definition) is 2. The third-order valence-corrected chi connectivity index (χ3v) is 5.23. The van der Waals surface area contributed by atoms with E-state index in [4.69, 9.17) is 0 Å². The standard InChI is InChI=1S/C15H25N3/c1-11-3-4-14(12(11)2)18-10-17-9-15(18)13-5-7-16-8-6-13/h9-14,16H,3-8H2,1-2H3. The number of aromatic nitrogens is 2. The average Bonchev–Trinajstić information content (AvgIpc) is 2.99. The van der Waals surface area contributed by atoms with E-state index in [0.29, 0.717) is 6.04 Å². The van der Waals surface area contributed by atoms with Gasteiger partial charge in [0.2, 0.25) is 0 Å². The normalized spacial score (nSPS) is 34.0. The molecule has 1 N–H and O–H groups in total. The lowest BCUT2D eigenvalue weighted by atomic mass is 9.93. The van der Waals surface area contributed by atoms with Crippen LogP contribution < -0.4 is 5.32 Å². The van der Waals surface area contributed by atoms with E-state index >= 15 is 0 Å². The van der Waals surface area contributed by atoms with Gasteiger partial charge < -0.3 is 9.88 Å². The van der Waals surface area contributed by atoms with E-state index in [1.165, 1.54) is 31.4 Å². The van der Waals surface area contributed by atoms with E-state index in [9.17, 15) is 0 Å². The Kier molecular flexibility index (Phi) is 3.42. The molecule has 2 fully saturated rings. The largest absolute Gasteiger partial charge is 0.331 e. The van der Waals surface area contributed by atoms with Crippen molar-refractivity contribution in [3.05, 3.63) is 18.2 Å². The molecule has 1 aliphatic carbocycles. The highest BCUT2D eigenvalue weighted by Gasteiger charge is 2.33. The van der Waals surface area contributed by atoms with Crippen LogP contribution in [0.5, 0.6) is 0 Å². The van der Waals surface area contributed by atoms with Crippen LogP contribution in [0.15, 0.2) is 12.5 Å². The Morgan fingerprint density at radius 3 is 2.61 bits per heavy atom. The second-order valence-electron chi connectivity index (χ2n) is 6.23. The van der Waals surface area contributed by atoms with Crippen molar-refractivity contribution in [1.82, 2.24) is 14.9 Å². The molecule has 18 heavy (non-hydrogen) atoms. The topological polar surface area (TPSA) is 29.9 Å². The van der Waals surface area contributed by atoms with Gasteiger partial charge in [-0.1, -0.05) is 13.8 Å². The lowest BCUT2D eigenvalue weighted by molar-refractivity contribution is 0.334. The fourth-order valence-corrected chi connectivity index (χ4v) is 3.76. The maximum atomic E-state index is 4.44. The zero-order chi connectivity index (χ0) is 12.5. The van der Waals surface area contributed by atoms with E-state index < -0.39 is 0 Å². The summed E-state index contributed by atoms with van der Waals surface area (Å²) in [7, 11) is 0. The smallest absolute Gasteiger partial charge is 0.0950 e. The van der Waals surface area contributed by atoms with Crippen LogP contribution in [0.3, 0.4) is 0 Å². The van der Waals surface area contributed by atoms with Crippen molar-refractivity contribution in [2.75, 3.05) is 13.1 Å². The van der Waals surface area contributed by atoms with Crippen LogP contribution in [0, 0.1) is 11.8 Å². The molecule has 1 saturated carbocycles. The Hall–Kier alpha value is -0.830. The fraction of sp³-hybridized carbons (Fsp3) is 0.800. The Morgan fingerprint density at radius 1 is 1.17 bits per heavy atom. The first-order valence-corrected chi connectivity index (χ1v) is 7.50. The van der Waals surface area contributed by atoms with Gasteiger partial charge >= 0.3 is 0 Å². The number of piperidine rings is 1. The van der Waals surface area contributed by atoms with E-state index in [0.717, 1.165) is 30.8 Å². The molecule has 3 unspecified atom stereocenters. The lowest BCUT2D eigenvalue weighted by Crippen LogP contribution is -2.28. The summed E-state index contributed by atoms with van der Waals surface area (Å²) in [5.74, 6) is 2.37. The van der Waals surface area contributed by atoms with Crippen LogP contribution in [-0.4, -0.2) is 22.6 Å². The third kappa shape index (κ3) is 2.09. The average molecular weight is 247 g/mol. The molecule has 0 amide bonds. The molecule has 3 heteroatoms. The molecule has 0 spiro atoms. The second-order valence-corrected chi connectivity index (χ2v) is 6.23. The van der Waals surface area contributed by atoms with Gasteiger partial charge in [-0.15, -0.1) is 0 Å². The van der Waals surface area contributed by atoms with Gasteiger partial charge in [0, 0.05) is 23.9 Å². The van der Waals surface area contributed by atoms with E-state index in [2.05, 4.69) is 41.2 Å². The first-order chi connectivity index (χ1) is 8.77. The van der Waals surface area contributed by atoms with Crippen molar-refractivity contribution in [2.45, 2.75) is 51.5 Å². The number of hydrogen-bond donors (Lipinski definition) is 1. The van der Waals surface area contributed by atoms with Crippen LogP contribution >= 0.6 is 0 Å². The molecule has 3 nitrogen and oxygen atoms in total. The number of nitrogens with zero attached hydrogens (tertiary/aromatic N) is 2. The molecular weight excluding hydrogens is 222 g/mol. The minimum atomic E-state index is 0.687. The summed E-state index contributed by atoms with van der Waals surface area (Å²) in [5.41, 5.74) is 1.49. The lowest BCUT2D eigenvalue weighted by Gasteiger charge is -2.28. The van der Waals surface area contributed by atoms with Gasteiger partial charge in [-0.2, -0.15) is 0 Å². The molecule has 2 aliphatic rings. The Bertz CT molecular complexity index is 392. The highest BCUT2D eigenvalue weighted by Crippen LogP contribution is 2.41. The summed E-state index contributed by atoms with van der Waals surface area (Å²) in [6.07, 6.45) is 9.43. The van der Waals surface area contributed by atoms with E-state index in [-0.39, 0.29) is 0 Å². The highest BCUT2D eigenvalue weighted by atomic mass is 15.1. The van der Waals surface area contributed by atoms with Crippen molar-refractivity contribution in [2.24, 2.45) is 11.8 Å². The van der Waals surface area contributed by atoms with Crippen molar-refractivity contribution in [1.29, 1.82) is 0 Å². The first kappa shape index (κ1) is 12.2. The number of nitrogens with one attached hydrogen (secondary N) is 1. The van der Waals surface area contributed by atoms with Gasteiger partial charge in [0.25, 0.3) is 0 Å². The van der Waals surface area contributed by atoms with Gasteiger partial charge in [-0.3, -0.25) is 0 Å². The Balaban J connectivity index is 1.82. The van der Waals surface area contributed by atoms with Gasteiger partial charge in [-0.05, 0) is 50.6 Å². The maximum Gasteiger partial charge on any atom is 0.0950 e.